The van der Waals surface area contributed by atoms with Crippen LogP contribution < -0.4 is 5.48 Å². The van der Waals surface area contributed by atoms with Gasteiger partial charge < -0.3 is 4.74 Å². The molecule has 0 spiro atoms. The molecule has 1 aromatic rings. The minimum Gasteiger partial charge on any atom is -0.371 e. The number of nitrogens with one attached hydrogen (secondary N) is 1. The lowest BCUT2D eigenvalue weighted by Gasteiger charge is -2.03. The second kappa shape index (κ2) is 4.37. The van der Waals surface area contributed by atoms with Gasteiger partial charge in [0.2, 0.25) is 0 Å². The molecule has 0 aliphatic carbocycles. The van der Waals surface area contributed by atoms with E-state index in [0.717, 1.165) is 13.2 Å². The van der Waals surface area contributed by atoms with Crippen molar-refractivity contribution in [2.45, 2.75) is 12.6 Å². The Kier molecular flexibility index (Phi) is 2.92. The molecular weight excluding hydrogens is 166 g/mol. The molecule has 1 heterocycles. The van der Waals surface area contributed by atoms with Gasteiger partial charge in [-0.1, -0.05) is 30.3 Å². The monoisotopic (exact) mass is 179 g/mol. The predicted octanol–water partition coefficient (Wildman–Crippen LogP) is 1.11. The van der Waals surface area contributed by atoms with Gasteiger partial charge in [0.15, 0.2) is 0 Å². The van der Waals surface area contributed by atoms with Crippen LogP contribution in [0.4, 0.5) is 0 Å². The minimum absolute atomic E-state index is 0.322. The standard InChI is InChI=1S/C10H13NO2/c1-2-4-9(5-3-1)6-11-13-8-10-7-12-10/h1-5,10-11H,6-8H2. The molecule has 13 heavy (non-hydrogen) atoms. The zero-order valence-corrected chi connectivity index (χ0v) is 7.40. The lowest BCUT2D eigenvalue weighted by molar-refractivity contribution is 0.0266. The van der Waals surface area contributed by atoms with E-state index in [0.29, 0.717) is 12.7 Å². The zero-order chi connectivity index (χ0) is 8.93. The van der Waals surface area contributed by atoms with Gasteiger partial charge in [0.05, 0.1) is 13.2 Å². The molecule has 3 nitrogen and oxygen atoms in total. The highest BCUT2D eigenvalue weighted by Crippen LogP contribution is 2.07. The molecular formula is C10H13NO2. The summed E-state index contributed by atoms with van der Waals surface area (Å²) in [7, 11) is 0. The summed E-state index contributed by atoms with van der Waals surface area (Å²) >= 11 is 0. The average molecular weight is 179 g/mol. The Morgan fingerprint density at radius 3 is 2.85 bits per heavy atom. The van der Waals surface area contributed by atoms with Crippen LogP contribution in [0.5, 0.6) is 0 Å². The maximum atomic E-state index is 5.19. The Morgan fingerprint density at radius 2 is 2.15 bits per heavy atom. The van der Waals surface area contributed by atoms with E-state index in [2.05, 4.69) is 17.6 Å². The molecule has 1 atom stereocenters. The summed E-state index contributed by atoms with van der Waals surface area (Å²) in [6.07, 6.45) is 0.322. The quantitative estimate of drug-likeness (QED) is 0.417. The molecule has 1 aliphatic heterocycles. The summed E-state index contributed by atoms with van der Waals surface area (Å²) in [6, 6.07) is 10.2. The summed E-state index contributed by atoms with van der Waals surface area (Å²) in [4.78, 5) is 5.19. The van der Waals surface area contributed by atoms with E-state index in [1.54, 1.807) is 0 Å². The van der Waals surface area contributed by atoms with Gasteiger partial charge in [-0.15, -0.1) is 0 Å². The van der Waals surface area contributed by atoms with Crippen LogP contribution >= 0.6 is 0 Å². The van der Waals surface area contributed by atoms with E-state index in [-0.39, 0.29) is 0 Å². The first-order valence-electron chi connectivity index (χ1n) is 4.45. The van der Waals surface area contributed by atoms with Crippen molar-refractivity contribution >= 4 is 0 Å². The van der Waals surface area contributed by atoms with Crippen LogP contribution in [0.2, 0.25) is 0 Å². The number of ether oxygens (including phenoxy) is 1. The molecule has 1 aliphatic rings. The maximum absolute atomic E-state index is 5.19. The number of hydroxylamine groups is 1. The maximum Gasteiger partial charge on any atom is 0.106 e. The van der Waals surface area contributed by atoms with Gasteiger partial charge in [0.25, 0.3) is 0 Å². The average Bonchev–Trinajstić information content (AvgIpc) is 2.98. The minimum atomic E-state index is 0.322. The van der Waals surface area contributed by atoms with E-state index in [9.17, 15) is 0 Å². The summed E-state index contributed by atoms with van der Waals surface area (Å²) in [5.74, 6) is 0. The van der Waals surface area contributed by atoms with Crippen LogP contribution in [0.1, 0.15) is 5.56 Å². The molecule has 3 heteroatoms. The third-order valence-electron chi connectivity index (χ3n) is 1.89. The fourth-order valence-corrected chi connectivity index (χ4v) is 1.05. The normalized spacial score (nSPS) is 20.2. The van der Waals surface area contributed by atoms with Crippen LogP contribution in [-0.2, 0) is 16.1 Å². The van der Waals surface area contributed by atoms with E-state index in [1.165, 1.54) is 5.56 Å². The van der Waals surface area contributed by atoms with Gasteiger partial charge in [-0.25, -0.2) is 0 Å². The molecule has 0 bridgehead atoms. The van der Waals surface area contributed by atoms with Gasteiger partial charge in [0.1, 0.15) is 6.10 Å². The third-order valence-corrected chi connectivity index (χ3v) is 1.89. The zero-order valence-electron chi connectivity index (χ0n) is 7.40. The first kappa shape index (κ1) is 8.69. The van der Waals surface area contributed by atoms with E-state index in [4.69, 9.17) is 9.57 Å². The van der Waals surface area contributed by atoms with Crippen molar-refractivity contribution in [2.75, 3.05) is 13.2 Å². The van der Waals surface area contributed by atoms with Crippen molar-refractivity contribution in [1.82, 2.24) is 5.48 Å². The molecule has 1 aromatic carbocycles. The Morgan fingerprint density at radius 1 is 1.38 bits per heavy atom. The molecule has 0 aromatic heterocycles. The summed E-state index contributed by atoms with van der Waals surface area (Å²) in [5, 5.41) is 0. The topological polar surface area (TPSA) is 33.8 Å². The molecule has 1 fully saturated rings. The third kappa shape index (κ3) is 3.14. The summed E-state index contributed by atoms with van der Waals surface area (Å²) < 4.78 is 5.00. The highest BCUT2D eigenvalue weighted by molar-refractivity contribution is 5.13. The molecule has 0 radical (unpaired) electrons. The van der Waals surface area contributed by atoms with Crippen LogP contribution in [-0.4, -0.2) is 19.3 Å². The fraction of sp³-hybridized carbons (Fsp3) is 0.400. The largest absolute Gasteiger partial charge is 0.371 e. The van der Waals surface area contributed by atoms with Crippen molar-refractivity contribution in [3.8, 4) is 0 Å². The van der Waals surface area contributed by atoms with Gasteiger partial charge in [-0.2, -0.15) is 5.48 Å². The summed E-state index contributed by atoms with van der Waals surface area (Å²) in [6.45, 7) is 2.23. The number of hydrogen-bond donors (Lipinski definition) is 1. The molecule has 2 rings (SSSR count). The van der Waals surface area contributed by atoms with Gasteiger partial charge in [-0.3, -0.25) is 4.84 Å². The van der Waals surface area contributed by atoms with Gasteiger partial charge in [-0.05, 0) is 5.56 Å². The molecule has 1 saturated heterocycles. The first-order valence-corrected chi connectivity index (χ1v) is 4.45. The van der Waals surface area contributed by atoms with Crippen molar-refractivity contribution < 1.29 is 9.57 Å². The highest BCUT2D eigenvalue weighted by Gasteiger charge is 2.22. The smallest absolute Gasteiger partial charge is 0.106 e. The van der Waals surface area contributed by atoms with Crippen LogP contribution in [0, 0.1) is 0 Å². The first-order chi connectivity index (χ1) is 6.45. The lowest BCUT2D eigenvalue weighted by Crippen LogP contribution is -2.17. The molecule has 0 amide bonds. The van der Waals surface area contributed by atoms with Crippen molar-refractivity contribution in [1.29, 1.82) is 0 Å². The second-order valence-electron chi connectivity index (χ2n) is 3.07. The van der Waals surface area contributed by atoms with Crippen LogP contribution in [0.3, 0.4) is 0 Å². The highest BCUT2D eigenvalue weighted by atomic mass is 16.7. The van der Waals surface area contributed by atoms with Crippen molar-refractivity contribution in [3.63, 3.8) is 0 Å². The SMILES string of the molecule is c1ccc(CNOCC2CO2)cc1. The number of benzene rings is 1. The molecule has 1 N–H and O–H groups in total. The number of hydrogen-bond acceptors (Lipinski definition) is 3. The number of epoxide rings is 1. The van der Waals surface area contributed by atoms with Gasteiger partial charge in [0, 0.05) is 6.54 Å². The van der Waals surface area contributed by atoms with Crippen LogP contribution in [0.15, 0.2) is 30.3 Å². The van der Waals surface area contributed by atoms with Crippen molar-refractivity contribution in [3.05, 3.63) is 35.9 Å². The lowest BCUT2D eigenvalue weighted by atomic mass is 10.2. The molecule has 1 unspecified atom stereocenters. The number of rotatable bonds is 5. The Labute approximate surface area is 77.6 Å². The molecule has 70 valence electrons. The van der Waals surface area contributed by atoms with E-state index in [1.807, 2.05) is 18.2 Å². The Hall–Kier alpha value is -0.900. The summed E-state index contributed by atoms with van der Waals surface area (Å²) in [5.41, 5.74) is 4.11. The van der Waals surface area contributed by atoms with Crippen molar-refractivity contribution in [2.24, 2.45) is 0 Å². The fourth-order valence-electron chi connectivity index (χ4n) is 1.05. The predicted molar refractivity (Wildman–Crippen MR) is 49.0 cm³/mol. The van der Waals surface area contributed by atoms with Gasteiger partial charge >= 0.3 is 0 Å². The molecule has 0 saturated carbocycles. The van der Waals surface area contributed by atoms with E-state index < -0.39 is 0 Å². The van der Waals surface area contributed by atoms with E-state index >= 15 is 0 Å². The Balaban J connectivity index is 1.61. The van der Waals surface area contributed by atoms with Crippen LogP contribution in [0.25, 0.3) is 0 Å². The Bertz CT molecular complexity index is 246. The second-order valence-corrected chi connectivity index (χ2v) is 3.07.